The number of methoxy groups -OCH3 is 1. The zero-order valence-electron chi connectivity index (χ0n) is 11.0. The Balaban J connectivity index is 2.59. The standard InChI is InChI=1S/C14H12F4N2O/c1-21-11-4-2-3-10(15)12(11)13(19)8-7-20-6-5-9(8)14(16,17)18/h2-7,13H,19H2,1H3. The second-order valence-corrected chi connectivity index (χ2v) is 4.29. The Kier molecular flexibility index (Phi) is 4.13. The van der Waals surface area contributed by atoms with Gasteiger partial charge in [0, 0.05) is 18.0 Å². The third kappa shape index (κ3) is 2.97. The summed E-state index contributed by atoms with van der Waals surface area (Å²) in [6.45, 7) is 0. The number of rotatable bonds is 3. The zero-order valence-corrected chi connectivity index (χ0v) is 11.0. The van der Waals surface area contributed by atoms with Gasteiger partial charge in [-0.05, 0) is 18.2 Å². The lowest BCUT2D eigenvalue weighted by Crippen LogP contribution is -2.20. The van der Waals surface area contributed by atoms with E-state index in [1.165, 1.54) is 19.2 Å². The SMILES string of the molecule is COc1cccc(F)c1C(N)c1cnccc1C(F)(F)F. The first kappa shape index (κ1) is 15.2. The van der Waals surface area contributed by atoms with Crippen LogP contribution in [0.5, 0.6) is 5.75 Å². The predicted octanol–water partition coefficient (Wildman–Crippen LogP) is 3.30. The fourth-order valence-electron chi connectivity index (χ4n) is 2.07. The van der Waals surface area contributed by atoms with Gasteiger partial charge in [-0.15, -0.1) is 0 Å². The Morgan fingerprint density at radius 2 is 1.95 bits per heavy atom. The van der Waals surface area contributed by atoms with Crippen molar-refractivity contribution in [1.29, 1.82) is 0 Å². The Morgan fingerprint density at radius 3 is 2.57 bits per heavy atom. The van der Waals surface area contributed by atoms with Crippen LogP contribution < -0.4 is 10.5 Å². The molecule has 0 aliphatic rings. The Labute approximate surface area is 118 Å². The number of nitrogens with zero attached hydrogens (tertiary/aromatic N) is 1. The van der Waals surface area contributed by atoms with E-state index in [0.29, 0.717) is 0 Å². The molecule has 3 nitrogen and oxygen atoms in total. The lowest BCUT2D eigenvalue weighted by Gasteiger charge is -2.20. The molecule has 1 aromatic carbocycles. The van der Waals surface area contributed by atoms with Gasteiger partial charge in [0.05, 0.1) is 24.3 Å². The molecule has 1 atom stereocenters. The van der Waals surface area contributed by atoms with Crippen molar-refractivity contribution in [1.82, 2.24) is 4.98 Å². The van der Waals surface area contributed by atoms with Crippen LogP contribution in [0.15, 0.2) is 36.7 Å². The summed E-state index contributed by atoms with van der Waals surface area (Å²) in [6.07, 6.45) is -2.61. The minimum Gasteiger partial charge on any atom is -0.496 e. The van der Waals surface area contributed by atoms with Crippen molar-refractivity contribution in [2.24, 2.45) is 5.73 Å². The van der Waals surface area contributed by atoms with Gasteiger partial charge in [-0.2, -0.15) is 13.2 Å². The van der Waals surface area contributed by atoms with E-state index < -0.39 is 23.6 Å². The Morgan fingerprint density at radius 1 is 1.24 bits per heavy atom. The average molecular weight is 300 g/mol. The number of hydrogen-bond donors (Lipinski definition) is 1. The maximum Gasteiger partial charge on any atom is 0.416 e. The summed E-state index contributed by atoms with van der Waals surface area (Å²) in [5, 5.41) is 0. The molecule has 21 heavy (non-hydrogen) atoms. The van der Waals surface area contributed by atoms with Gasteiger partial charge >= 0.3 is 6.18 Å². The minimum absolute atomic E-state index is 0.0828. The highest BCUT2D eigenvalue weighted by atomic mass is 19.4. The van der Waals surface area contributed by atoms with E-state index in [1.807, 2.05) is 0 Å². The predicted molar refractivity (Wildman–Crippen MR) is 68.2 cm³/mol. The third-order valence-corrected chi connectivity index (χ3v) is 3.04. The van der Waals surface area contributed by atoms with Gasteiger partial charge in [0.25, 0.3) is 0 Å². The zero-order chi connectivity index (χ0) is 15.6. The molecule has 2 rings (SSSR count). The summed E-state index contributed by atoms with van der Waals surface area (Å²) < 4.78 is 57.9. The number of ether oxygens (including phenoxy) is 1. The van der Waals surface area contributed by atoms with Gasteiger partial charge in [0.2, 0.25) is 0 Å². The van der Waals surface area contributed by atoms with E-state index >= 15 is 0 Å². The fourth-order valence-corrected chi connectivity index (χ4v) is 2.07. The van der Waals surface area contributed by atoms with Crippen molar-refractivity contribution >= 4 is 0 Å². The molecule has 7 heteroatoms. The molecule has 0 spiro atoms. The number of benzene rings is 1. The summed E-state index contributed by atoms with van der Waals surface area (Å²) in [5.74, 6) is -0.654. The quantitative estimate of drug-likeness (QED) is 0.885. The van der Waals surface area contributed by atoms with Crippen LogP contribution in [0.1, 0.15) is 22.7 Å². The molecule has 0 radical (unpaired) electrons. The maximum atomic E-state index is 13.9. The molecule has 0 bridgehead atoms. The number of aromatic nitrogens is 1. The smallest absolute Gasteiger partial charge is 0.416 e. The van der Waals surface area contributed by atoms with Crippen LogP contribution >= 0.6 is 0 Å². The summed E-state index contributed by atoms with van der Waals surface area (Å²) in [6, 6.07) is 3.40. The first-order valence-corrected chi connectivity index (χ1v) is 5.95. The fraction of sp³-hybridized carbons (Fsp3) is 0.214. The van der Waals surface area contributed by atoms with E-state index in [1.54, 1.807) is 0 Å². The van der Waals surface area contributed by atoms with Gasteiger partial charge in [0.1, 0.15) is 11.6 Å². The monoisotopic (exact) mass is 300 g/mol. The number of nitrogens with two attached hydrogens (primary N) is 1. The molecule has 0 amide bonds. The van der Waals surface area contributed by atoms with Crippen LogP contribution in [0.25, 0.3) is 0 Å². The Hall–Kier alpha value is -2.15. The highest BCUT2D eigenvalue weighted by Gasteiger charge is 2.35. The highest BCUT2D eigenvalue weighted by molar-refractivity contribution is 5.44. The largest absolute Gasteiger partial charge is 0.496 e. The lowest BCUT2D eigenvalue weighted by atomic mass is 9.95. The lowest BCUT2D eigenvalue weighted by molar-refractivity contribution is -0.138. The molecule has 0 aliphatic heterocycles. The molecular weight excluding hydrogens is 288 g/mol. The van der Waals surface area contributed by atoms with Crippen molar-refractivity contribution in [3.63, 3.8) is 0 Å². The average Bonchev–Trinajstić information content (AvgIpc) is 2.45. The highest BCUT2D eigenvalue weighted by Crippen LogP contribution is 2.37. The topological polar surface area (TPSA) is 48.1 Å². The molecular formula is C14H12F4N2O. The molecule has 0 saturated heterocycles. The normalized spacial score (nSPS) is 13.0. The molecule has 0 fully saturated rings. The van der Waals surface area contributed by atoms with E-state index in [-0.39, 0.29) is 16.9 Å². The van der Waals surface area contributed by atoms with Gasteiger partial charge in [-0.1, -0.05) is 6.07 Å². The number of pyridine rings is 1. The van der Waals surface area contributed by atoms with Crippen molar-refractivity contribution in [3.8, 4) is 5.75 Å². The van der Waals surface area contributed by atoms with Crippen LogP contribution in [-0.2, 0) is 6.18 Å². The molecule has 0 saturated carbocycles. The van der Waals surface area contributed by atoms with Gasteiger partial charge < -0.3 is 10.5 Å². The summed E-state index contributed by atoms with van der Waals surface area (Å²) in [4.78, 5) is 3.65. The van der Waals surface area contributed by atoms with Gasteiger partial charge in [-0.25, -0.2) is 4.39 Å². The van der Waals surface area contributed by atoms with Crippen molar-refractivity contribution in [2.75, 3.05) is 7.11 Å². The van der Waals surface area contributed by atoms with Crippen LogP contribution in [-0.4, -0.2) is 12.1 Å². The van der Waals surface area contributed by atoms with E-state index in [9.17, 15) is 17.6 Å². The van der Waals surface area contributed by atoms with Crippen molar-refractivity contribution in [3.05, 3.63) is 59.2 Å². The van der Waals surface area contributed by atoms with E-state index in [0.717, 1.165) is 24.5 Å². The van der Waals surface area contributed by atoms with Crippen LogP contribution in [0.3, 0.4) is 0 Å². The van der Waals surface area contributed by atoms with E-state index in [2.05, 4.69) is 4.98 Å². The Bertz CT molecular complexity index is 643. The number of alkyl halides is 3. The van der Waals surface area contributed by atoms with Gasteiger partial charge in [-0.3, -0.25) is 4.98 Å². The van der Waals surface area contributed by atoms with Crippen LogP contribution in [0.2, 0.25) is 0 Å². The maximum absolute atomic E-state index is 13.9. The summed E-state index contributed by atoms with van der Waals surface area (Å²) >= 11 is 0. The second-order valence-electron chi connectivity index (χ2n) is 4.29. The molecule has 0 aliphatic carbocycles. The number of halogens is 4. The molecule has 2 aromatic rings. The first-order valence-electron chi connectivity index (χ1n) is 5.95. The summed E-state index contributed by atoms with van der Waals surface area (Å²) in [5.41, 5.74) is 4.43. The van der Waals surface area contributed by atoms with Crippen molar-refractivity contribution in [2.45, 2.75) is 12.2 Å². The first-order chi connectivity index (χ1) is 9.86. The van der Waals surface area contributed by atoms with Crippen LogP contribution in [0.4, 0.5) is 17.6 Å². The molecule has 2 N–H and O–H groups in total. The molecule has 1 unspecified atom stereocenters. The van der Waals surface area contributed by atoms with Crippen LogP contribution in [0, 0.1) is 5.82 Å². The van der Waals surface area contributed by atoms with Gasteiger partial charge in [0.15, 0.2) is 0 Å². The number of hydrogen-bond acceptors (Lipinski definition) is 3. The second kappa shape index (κ2) is 5.69. The summed E-state index contributed by atoms with van der Waals surface area (Å²) in [7, 11) is 1.29. The molecule has 1 heterocycles. The minimum atomic E-state index is -4.60. The molecule has 112 valence electrons. The van der Waals surface area contributed by atoms with Crippen molar-refractivity contribution < 1.29 is 22.3 Å². The third-order valence-electron chi connectivity index (χ3n) is 3.04. The molecule has 1 aromatic heterocycles. The van der Waals surface area contributed by atoms with E-state index in [4.69, 9.17) is 10.5 Å².